The molecule has 0 fully saturated rings. The molecule has 2 nitrogen and oxygen atoms in total. The van der Waals surface area contributed by atoms with Crippen LogP contribution in [0.2, 0.25) is 0 Å². The molecule has 1 aliphatic rings. The Labute approximate surface area is 113 Å². The second kappa shape index (κ2) is 5.61. The lowest BCUT2D eigenvalue weighted by molar-refractivity contribution is 0.167. The van der Waals surface area contributed by atoms with Crippen LogP contribution in [0.5, 0.6) is 0 Å². The van der Waals surface area contributed by atoms with E-state index in [9.17, 15) is 0 Å². The van der Waals surface area contributed by atoms with Crippen molar-refractivity contribution >= 4 is 14.7 Å². The number of hydrogen-bond donors (Lipinski definition) is 0. The molecule has 0 unspecified atom stereocenters. The van der Waals surface area contributed by atoms with Crippen LogP contribution in [-0.4, -0.2) is 37.2 Å². The third-order valence-corrected chi connectivity index (χ3v) is 4.76. The summed E-state index contributed by atoms with van der Waals surface area (Å²) >= 11 is 0. The van der Waals surface area contributed by atoms with Crippen LogP contribution in [0.3, 0.4) is 0 Å². The Kier molecular flexibility index (Phi) is 4.12. The summed E-state index contributed by atoms with van der Waals surface area (Å²) in [5, 5.41) is 1.43. The molecule has 0 aromatic heterocycles. The fourth-order valence-electron chi connectivity index (χ4n) is 2.21. The van der Waals surface area contributed by atoms with Gasteiger partial charge in [0.15, 0.2) is 0 Å². The monoisotopic (exact) mass is 258 g/mol. The van der Waals surface area contributed by atoms with E-state index in [2.05, 4.69) is 80.2 Å². The highest BCUT2D eigenvalue weighted by atomic mass is 28.2. The van der Waals surface area contributed by atoms with Crippen molar-refractivity contribution in [3.8, 4) is 0 Å². The van der Waals surface area contributed by atoms with Gasteiger partial charge in [-0.25, -0.2) is 0 Å². The molecule has 1 aliphatic heterocycles. The normalized spacial score (nSPS) is 16.3. The summed E-state index contributed by atoms with van der Waals surface area (Å²) < 4.78 is 0. The van der Waals surface area contributed by atoms with E-state index in [4.69, 9.17) is 0 Å². The zero-order chi connectivity index (χ0) is 13.1. The van der Waals surface area contributed by atoms with Gasteiger partial charge in [0.25, 0.3) is 0 Å². The Morgan fingerprint density at radius 2 is 1.39 bits per heavy atom. The standard InChI is InChI=1S/C15H22N2Si/c1-12(2)16-10-11-17(13(3)4)15(16)18-14-8-6-5-7-9-14/h5-13,15H,1-4H3. The Balaban J connectivity index is 2.15. The highest BCUT2D eigenvalue weighted by molar-refractivity contribution is 6.55. The smallest absolute Gasteiger partial charge is 0.138 e. The van der Waals surface area contributed by atoms with E-state index >= 15 is 0 Å². The molecule has 0 saturated heterocycles. The van der Waals surface area contributed by atoms with E-state index < -0.39 is 0 Å². The van der Waals surface area contributed by atoms with E-state index in [1.54, 1.807) is 0 Å². The Morgan fingerprint density at radius 1 is 0.889 bits per heavy atom. The first-order chi connectivity index (χ1) is 8.59. The maximum absolute atomic E-state index is 2.46. The summed E-state index contributed by atoms with van der Waals surface area (Å²) in [5.41, 5.74) is 0. The molecule has 0 spiro atoms. The first kappa shape index (κ1) is 13.2. The van der Waals surface area contributed by atoms with Gasteiger partial charge in [-0.1, -0.05) is 35.5 Å². The van der Waals surface area contributed by atoms with Crippen molar-refractivity contribution in [2.24, 2.45) is 0 Å². The van der Waals surface area contributed by atoms with Crippen LogP contribution < -0.4 is 5.19 Å². The molecule has 1 aromatic rings. The molecular formula is C15H22N2Si. The molecule has 3 heteroatoms. The molecule has 1 aromatic carbocycles. The van der Waals surface area contributed by atoms with Gasteiger partial charge < -0.3 is 9.80 Å². The molecule has 2 radical (unpaired) electrons. The lowest BCUT2D eigenvalue weighted by Crippen LogP contribution is -2.51. The summed E-state index contributed by atoms with van der Waals surface area (Å²) in [7, 11) is 0.794. The summed E-state index contributed by atoms with van der Waals surface area (Å²) in [6, 6.07) is 11.9. The lowest BCUT2D eigenvalue weighted by Gasteiger charge is -2.37. The molecule has 0 aliphatic carbocycles. The van der Waals surface area contributed by atoms with Gasteiger partial charge in [-0.2, -0.15) is 0 Å². The van der Waals surface area contributed by atoms with Crippen LogP contribution in [0.25, 0.3) is 0 Å². The molecule has 96 valence electrons. The van der Waals surface area contributed by atoms with E-state index in [1.165, 1.54) is 5.19 Å². The van der Waals surface area contributed by atoms with Crippen LogP contribution in [-0.2, 0) is 0 Å². The third kappa shape index (κ3) is 2.78. The van der Waals surface area contributed by atoms with Crippen molar-refractivity contribution in [3.63, 3.8) is 0 Å². The third-order valence-electron chi connectivity index (χ3n) is 3.24. The van der Waals surface area contributed by atoms with Crippen molar-refractivity contribution in [2.45, 2.75) is 45.6 Å². The summed E-state index contributed by atoms with van der Waals surface area (Å²) in [4.78, 5) is 4.93. The average Bonchev–Trinajstić information content (AvgIpc) is 2.74. The quantitative estimate of drug-likeness (QED) is 0.764. The highest BCUT2D eigenvalue weighted by Gasteiger charge is 2.29. The molecule has 0 saturated carbocycles. The predicted octanol–water partition coefficient (Wildman–Crippen LogP) is 2.21. The van der Waals surface area contributed by atoms with Crippen LogP contribution in [0.1, 0.15) is 27.7 Å². The predicted molar refractivity (Wildman–Crippen MR) is 78.7 cm³/mol. The number of nitrogens with zero attached hydrogens (tertiary/aromatic N) is 2. The number of benzene rings is 1. The van der Waals surface area contributed by atoms with Crippen LogP contribution in [0.4, 0.5) is 0 Å². The first-order valence-electron chi connectivity index (χ1n) is 6.64. The van der Waals surface area contributed by atoms with Gasteiger partial charge in [-0.3, -0.25) is 0 Å². The van der Waals surface area contributed by atoms with Crippen LogP contribution in [0, 0.1) is 0 Å². The molecule has 18 heavy (non-hydrogen) atoms. The zero-order valence-corrected chi connectivity index (χ0v) is 12.7. The molecule has 0 N–H and O–H groups in total. The van der Waals surface area contributed by atoms with Crippen molar-refractivity contribution in [1.82, 2.24) is 9.80 Å². The largest absolute Gasteiger partial charge is 0.357 e. The van der Waals surface area contributed by atoms with Crippen LogP contribution in [0.15, 0.2) is 42.7 Å². The summed E-state index contributed by atoms with van der Waals surface area (Å²) in [6.45, 7) is 9.04. The fraction of sp³-hybridized carbons (Fsp3) is 0.467. The van der Waals surface area contributed by atoms with E-state index in [1.807, 2.05) is 0 Å². The molecule has 0 atom stereocenters. The van der Waals surface area contributed by atoms with Crippen molar-refractivity contribution in [2.75, 3.05) is 0 Å². The molecule has 0 amide bonds. The van der Waals surface area contributed by atoms with Crippen molar-refractivity contribution < 1.29 is 0 Å². The minimum Gasteiger partial charge on any atom is -0.357 e. The minimum absolute atomic E-state index is 0.479. The maximum Gasteiger partial charge on any atom is 0.138 e. The van der Waals surface area contributed by atoms with E-state index in [0.29, 0.717) is 17.9 Å². The van der Waals surface area contributed by atoms with Gasteiger partial charge in [0.05, 0.1) is 5.79 Å². The second-order valence-electron chi connectivity index (χ2n) is 5.26. The SMILES string of the molecule is CC(C)N1C=CN(C(C)C)C1[Si]c1ccccc1. The highest BCUT2D eigenvalue weighted by Crippen LogP contribution is 2.20. The second-order valence-corrected chi connectivity index (χ2v) is 6.65. The van der Waals surface area contributed by atoms with Crippen molar-refractivity contribution in [3.05, 3.63) is 42.7 Å². The zero-order valence-electron chi connectivity index (χ0n) is 11.7. The molecule has 1 heterocycles. The summed E-state index contributed by atoms with van der Waals surface area (Å²) in [6.07, 6.45) is 4.48. The maximum atomic E-state index is 2.46. The Morgan fingerprint density at radius 3 is 1.83 bits per heavy atom. The first-order valence-corrected chi connectivity index (χ1v) is 7.72. The van der Waals surface area contributed by atoms with Gasteiger partial charge in [-0.05, 0) is 27.7 Å². The Bertz CT molecular complexity index is 382. The van der Waals surface area contributed by atoms with Gasteiger partial charge >= 0.3 is 0 Å². The van der Waals surface area contributed by atoms with Gasteiger partial charge in [0.2, 0.25) is 0 Å². The number of rotatable bonds is 4. The Hall–Kier alpha value is -1.22. The topological polar surface area (TPSA) is 6.48 Å². The molecule has 0 bridgehead atoms. The minimum atomic E-state index is 0.479. The summed E-state index contributed by atoms with van der Waals surface area (Å²) in [5.74, 6) is 0.479. The lowest BCUT2D eigenvalue weighted by atomic mass is 10.3. The van der Waals surface area contributed by atoms with Gasteiger partial charge in [0, 0.05) is 24.5 Å². The van der Waals surface area contributed by atoms with E-state index in [-0.39, 0.29) is 0 Å². The van der Waals surface area contributed by atoms with Gasteiger partial charge in [-0.15, -0.1) is 0 Å². The van der Waals surface area contributed by atoms with Crippen LogP contribution >= 0.6 is 0 Å². The molecular weight excluding hydrogens is 236 g/mol. The number of hydrogen-bond acceptors (Lipinski definition) is 2. The molecule has 2 rings (SSSR count). The van der Waals surface area contributed by atoms with E-state index in [0.717, 1.165) is 9.52 Å². The average molecular weight is 258 g/mol. The van der Waals surface area contributed by atoms with Crippen molar-refractivity contribution in [1.29, 1.82) is 0 Å². The fourth-order valence-corrected chi connectivity index (χ4v) is 3.96. The van der Waals surface area contributed by atoms with Gasteiger partial charge in [0.1, 0.15) is 9.52 Å².